The highest BCUT2D eigenvalue weighted by Gasteiger charge is 2.10. The van der Waals surface area contributed by atoms with Gasteiger partial charge in [0.25, 0.3) is 0 Å². The van der Waals surface area contributed by atoms with Crippen LogP contribution in [0.5, 0.6) is 0 Å². The van der Waals surface area contributed by atoms with Gasteiger partial charge in [-0.1, -0.05) is 13.8 Å². The van der Waals surface area contributed by atoms with Gasteiger partial charge in [-0.05, 0) is 26.7 Å². The highest BCUT2D eigenvalue weighted by molar-refractivity contribution is 6.48. The molecule has 0 saturated heterocycles. The van der Waals surface area contributed by atoms with Gasteiger partial charge in [0, 0.05) is 5.38 Å². The molecule has 1 atom stereocenters. The van der Waals surface area contributed by atoms with Crippen molar-refractivity contribution < 1.29 is 0 Å². The van der Waals surface area contributed by atoms with E-state index in [1.165, 1.54) is 0 Å². The highest BCUT2D eigenvalue weighted by Crippen LogP contribution is 2.22. The molecule has 70 valence electrons. The second-order valence-electron chi connectivity index (χ2n) is 2.61. The molecule has 3 heteroatoms. The lowest BCUT2D eigenvalue weighted by atomic mass is 10.4. The van der Waals surface area contributed by atoms with Gasteiger partial charge in [-0.25, -0.2) is 0 Å². The van der Waals surface area contributed by atoms with E-state index in [0.717, 1.165) is 12.8 Å². The molecule has 0 radical (unpaired) electrons. The largest absolute Gasteiger partial charge is 0.123 e. The molecule has 0 spiro atoms. The molecular formula is C8H17Cl3. The monoisotopic (exact) mass is 218 g/mol. The highest BCUT2D eigenvalue weighted by atomic mass is 35.5. The summed E-state index contributed by atoms with van der Waals surface area (Å²) in [5.74, 6) is 0. The van der Waals surface area contributed by atoms with Crippen molar-refractivity contribution in [3.8, 4) is 0 Å². The van der Waals surface area contributed by atoms with Gasteiger partial charge in [-0.15, -0.1) is 34.8 Å². The van der Waals surface area contributed by atoms with Gasteiger partial charge in [0.05, 0.1) is 0 Å². The van der Waals surface area contributed by atoms with Gasteiger partial charge in [0.2, 0.25) is 0 Å². The van der Waals surface area contributed by atoms with Crippen molar-refractivity contribution >= 4 is 34.8 Å². The average molecular weight is 220 g/mol. The zero-order chi connectivity index (χ0) is 9.49. The summed E-state index contributed by atoms with van der Waals surface area (Å²) in [5.41, 5.74) is 0. The van der Waals surface area contributed by atoms with Crippen molar-refractivity contribution in [1.29, 1.82) is 0 Å². The number of hydrogen-bond acceptors (Lipinski definition) is 0. The molecule has 0 fully saturated rings. The average Bonchev–Trinajstić information content (AvgIpc) is 1.88. The topological polar surface area (TPSA) is 0 Å². The molecule has 0 aliphatic heterocycles. The first-order valence-corrected chi connectivity index (χ1v) is 5.04. The fraction of sp³-hybridized carbons (Fsp3) is 1.00. The Morgan fingerprint density at radius 2 is 1.45 bits per heavy atom. The van der Waals surface area contributed by atoms with E-state index in [1.54, 1.807) is 6.92 Å². The summed E-state index contributed by atoms with van der Waals surface area (Å²) >= 11 is 16.4. The van der Waals surface area contributed by atoms with Crippen LogP contribution < -0.4 is 0 Å². The third kappa shape index (κ3) is 24.8. The maximum absolute atomic E-state index is 5.48. The molecule has 0 saturated carbocycles. The van der Waals surface area contributed by atoms with Crippen LogP contribution in [0.1, 0.15) is 40.5 Å². The lowest BCUT2D eigenvalue weighted by Gasteiger charge is -2.05. The fourth-order valence-electron chi connectivity index (χ4n) is 0. The van der Waals surface area contributed by atoms with Gasteiger partial charge in [-0.2, -0.15) is 0 Å². The zero-order valence-corrected chi connectivity index (χ0v) is 9.89. The van der Waals surface area contributed by atoms with Crippen LogP contribution >= 0.6 is 34.8 Å². The summed E-state index contributed by atoms with van der Waals surface area (Å²) in [7, 11) is 0. The lowest BCUT2D eigenvalue weighted by molar-refractivity contribution is 0.821. The molecule has 0 aliphatic rings. The summed E-state index contributed by atoms with van der Waals surface area (Å²) in [6, 6.07) is 0. The maximum Gasteiger partial charge on any atom is 0.115 e. The Morgan fingerprint density at radius 1 is 1.27 bits per heavy atom. The van der Waals surface area contributed by atoms with Crippen molar-refractivity contribution in [2.45, 2.75) is 50.2 Å². The Balaban J connectivity index is 0. The number of hydrogen-bond donors (Lipinski definition) is 0. The Bertz CT molecular complexity index is 73.9. The van der Waals surface area contributed by atoms with E-state index >= 15 is 0 Å². The smallest absolute Gasteiger partial charge is 0.115 e. The third-order valence-corrected chi connectivity index (χ3v) is 2.03. The molecule has 0 N–H and O–H groups in total. The van der Waals surface area contributed by atoms with Gasteiger partial charge < -0.3 is 0 Å². The van der Waals surface area contributed by atoms with Crippen LogP contribution in [0.4, 0.5) is 0 Å². The predicted octanol–water partition coefficient (Wildman–Crippen LogP) is 4.61. The normalized spacial score (nSPS) is 13.4. The summed E-state index contributed by atoms with van der Waals surface area (Å²) in [6.45, 7) is 7.77. The molecule has 0 nitrogen and oxygen atoms in total. The first-order chi connectivity index (χ1) is 4.83. The Hall–Kier alpha value is 0.870. The molecular weight excluding hydrogens is 202 g/mol. The fourth-order valence-corrected chi connectivity index (χ4v) is 0. The molecule has 11 heavy (non-hydrogen) atoms. The van der Waals surface area contributed by atoms with Crippen molar-refractivity contribution in [2.75, 3.05) is 0 Å². The summed E-state index contributed by atoms with van der Waals surface area (Å²) in [4.78, 5) is 0. The molecule has 0 aromatic rings. The van der Waals surface area contributed by atoms with Gasteiger partial charge in [0.1, 0.15) is 4.33 Å². The molecule has 1 unspecified atom stereocenters. The molecule has 0 amide bonds. The summed E-state index contributed by atoms with van der Waals surface area (Å²) in [6.07, 6.45) is 1.87. The van der Waals surface area contributed by atoms with Crippen molar-refractivity contribution in [3.63, 3.8) is 0 Å². The summed E-state index contributed by atoms with van der Waals surface area (Å²) < 4.78 is -0.514. The molecule has 0 aromatic carbocycles. The number of halogens is 3. The minimum absolute atomic E-state index is 0.356. The van der Waals surface area contributed by atoms with Gasteiger partial charge in [0.15, 0.2) is 0 Å². The van der Waals surface area contributed by atoms with E-state index in [0.29, 0.717) is 5.38 Å². The van der Waals surface area contributed by atoms with Gasteiger partial charge in [-0.3, -0.25) is 0 Å². The van der Waals surface area contributed by atoms with Crippen molar-refractivity contribution in [2.24, 2.45) is 0 Å². The number of rotatable bonds is 2. The van der Waals surface area contributed by atoms with Crippen LogP contribution in [0.3, 0.4) is 0 Å². The second-order valence-corrected chi connectivity index (χ2v) is 5.22. The Kier molecular flexibility index (Phi) is 9.84. The molecule has 0 heterocycles. The van der Waals surface area contributed by atoms with E-state index < -0.39 is 4.33 Å². The van der Waals surface area contributed by atoms with Crippen LogP contribution in [-0.4, -0.2) is 9.71 Å². The van der Waals surface area contributed by atoms with Crippen LogP contribution in [0.15, 0.2) is 0 Å². The van der Waals surface area contributed by atoms with Gasteiger partial charge >= 0.3 is 0 Å². The minimum Gasteiger partial charge on any atom is -0.123 e. The van der Waals surface area contributed by atoms with Crippen LogP contribution in [0.25, 0.3) is 0 Å². The first kappa shape index (κ1) is 14.4. The quantitative estimate of drug-likeness (QED) is 0.595. The molecule has 0 rings (SSSR count). The van der Waals surface area contributed by atoms with Crippen molar-refractivity contribution in [3.05, 3.63) is 0 Å². The summed E-state index contributed by atoms with van der Waals surface area (Å²) in [5, 5.41) is 0.356. The zero-order valence-electron chi connectivity index (χ0n) is 7.63. The Labute approximate surface area is 85.2 Å². The number of alkyl halides is 3. The maximum atomic E-state index is 5.48. The minimum atomic E-state index is -0.514. The van der Waals surface area contributed by atoms with E-state index in [2.05, 4.69) is 6.92 Å². The lowest BCUT2D eigenvalue weighted by Crippen LogP contribution is -2.00. The Morgan fingerprint density at radius 3 is 1.45 bits per heavy atom. The first-order valence-electron chi connectivity index (χ1n) is 3.85. The van der Waals surface area contributed by atoms with E-state index in [9.17, 15) is 0 Å². The SMILES string of the molecule is CCC(C)(Cl)Cl.CCC(C)Cl. The molecule has 0 aliphatic carbocycles. The van der Waals surface area contributed by atoms with E-state index in [-0.39, 0.29) is 0 Å². The molecule has 0 bridgehead atoms. The second kappa shape index (κ2) is 7.52. The van der Waals surface area contributed by atoms with Crippen molar-refractivity contribution in [1.82, 2.24) is 0 Å². The third-order valence-electron chi connectivity index (χ3n) is 1.18. The predicted molar refractivity (Wildman–Crippen MR) is 56.0 cm³/mol. The molecule has 0 aromatic heterocycles. The van der Waals surface area contributed by atoms with E-state index in [1.807, 2.05) is 13.8 Å². The standard InChI is InChI=1S/C4H8Cl2.C4H9Cl/c1-3-4(2,5)6;1-3-4(2)5/h3H2,1-2H3;4H,3H2,1-2H3. The van der Waals surface area contributed by atoms with Crippen LogP contribution in [0, 0.1) is 0 Å². The van der Waals surface area contributed by atoms with E-state index in [4.69, 9.17) is 34.8 Å². The van der Waals surface area contributed by atoms with Crippen LogP contribution in [0.2, 0.25) is 0 Å². The van der Waals surface area contributed by atoms with Crippen LogP contribution in [-0.2, 0) is 0 Å².